The van der Waals surface area contributed by atoms with Crippen LogP contribution in [0, 0.1) is 12.7 Å². The molecule has 1 aliphatic heterocycles. The molecular weight excluding hydrogens is 407 g/mol. The van der Waals surface area contributed by atoms with Crippen molar-refractivity contribution in [3.8, 4) is 11.5 Å². The van der Waals surface area contributed by atoms with E-state index in [4.69, 9.17) is 0 Å². The lowest BCUT2D eigenvalue weighted by Gasteiger charge is -2.33. The number of likely N-dealkylation sites (N-methyl/N-ethyl adjacent to an activating group) is 1. The maximum atomic E-state index is 13.4. The van der Waals surface area contributed by atoms with Gasteiger partial charge < -0.3 is 19.7 Å². The van der Waals surface area contributed by atoms with E-state index in [-0.39, 0.29) is 11.7 Å². The maximum Gasteiger partial charge on any atom is 0.256 e. The van der Waals surface area contributed by atoms with Gasteiger partial charge in [0.2, 0.25) is 0 Å². The molecule has 1 amide bonds. The van der Waals surface area contributed by atoms with Crippen LogP contribution in [-0.2, 0) is 0 Å². The Balaban J connectivity index is 1.45. The van der Waals surface area contributed by atoms with Crippen molar-refractivity contribution in [1.29, 1.82) is 0 Å². The lowest BCUT2D eigenvalue weighted by molar-refractivity contribution is 0.0947. The van der Waals surface area contributed by atoms with Crippen molar-refractivity contribution in [3.05, 3.63) is 65.9 Å². The summed E-state index contributed by atoms with van der Waals surface area (Å²) in [5.41, 5.74) is 1.86. The van der Waals surface area contributed by atoms with Crippen LogP contribution < -0.4 is 5.32 Å². The molecule has 8 heteroatoms. The summed E-state index contributed by atoms with van der Waals surface area (Å²) < 4.78 is 17.0. The molecule has 0 saturated carbocycles. The van der Waals surface area contributed by atoms with Gasteiger partial charge in [-0.05, 0) is 62.8 Å². The summed E-state index contributed by atoms with van der Waals surface area (Å²) in [6.45, 7) is 11.1. The monoisotopic (exact) mass is 438 g/mol. The highest BCUT2D eigenvalue weighted by molar-refractivity contribution is 5.98. The summed E-state index contributed by atoms with van der Waals surface area (Å²) in [6.07, 6.45) is 4.66. The van der Waals surface area contributed by atoms with Crippen LogP contribution in [0.4, 0.5) is 4.39 Å². The fourth-order valence-corrected chi connectivity index (χ4v) is 4.18. The number of hydrogen-bond donors (Lipinski definition) is 1. The summed E-state index contributed by atoms with van der Waals surface area (Å²) in [5.74, 6) is 0.192. The number of benzene rings is 1. The first-order valence-corrected chi connectivity index (χ1v) is 11.3. The second-order valence-corrected chi connectivity index (χ2v) is 8.15. The van der Waals surface area contributed by atoms with Gasteiger partial charge in [0, 0.05) is 45.1 Å². The normalized spacial score (nSPS) is 15.2. The molecule has 3 aromatic rings. The van der Waals surface area contributed by atoms with Gasteiger partial charge in [-0.25, -0.2) is 9.07 Å². The van der Waals surface area contributed by atoms with E-state index in [2.05, 4.69) is 27.1 Å². The number of carbonyl (C=O) groups is 1. The number of amides is 1. The Bertz CT molecular complexity index is 1020. The number of rotatable bonds is 8. The van der Waals surface area contributed by atoms with Crippen LogP contribution in [0.15, 0.2) is 48.8 Å². The summed E-state index contributed by atoms with van der Waals surface area (Å²) in [4.78, 5) is 18.1. The first kappa shape index (κ1) is 22.2. The molecular formula is C24H31FN6O. The zero-order valence-corrected chi connectivity index (χ0v) is 18.8. The predicted octanol–water partition coefficient (Wildman–Crippen LogP) is 2.87. The number of nitrogens with zero attached hydrogens (tertiary/aromatic N) is 5. The molecule has 1 saturated heterocycles. The predicted molar refractivity (Wildman–Crippen MR) is 123 cm³/mol. The Morgan fingerprint density at radius 2 is 1.72 bits per heavy atom. The number of aryl methyl sites for hydroxylation is 1. The highest BCUT2D eigenvalue weighted by atomic mass is 19.1. The van der Waals surface area contributed by atoms with Crippen molar-refractivity contribution in [2.75, 3.05) is 45.8 Å². The molecule has 0 unspecified atom stereocenters. The number of nitrogens with one attached hydrogen (secondary N) is 1. The van der Waals surface area contributed by atoms with Crippen LogP contribution in [0.1, 0.15) is 29.4 Å². The third kappa shape index (κ3) is 4.92. The van der Waals surface area contributed by atoms with Crippen molar-refractivity contribution in [1.82, 2.24) is 29.5 Å². The topological polar surface area (TPSA) is 58.3 Å². The highest BCUT2D eigenvalue weighted by Gasteiger charge is 2.23. The highest BCUT2D eigenvalue weighted by Crippen LogP contribution is 2.23. The van der Waals surface area contributed by atoms with Crippen molar-refractivity contribution in [2.24, 2.45) is 0 Å². The molecule has 0 radical (unpaired) electrons. The van der Waals surface area contributed by atoms with Crippen LogP contribution >= 0.6 is 0 Å². The fourth-order valence-electron chi connectivity index (χ4n) is 4.18. The summed E-state index contributed by atoms with van der Waals surface area (Å²) in [6, 6.07) is 9.91. The average molecular weight is 439 g/mol. The molecule has 4 rings (SSSR count). The molecule has 3 heterocycles. The van der Waals surface area contributed by atoms with E-state index in [1.165, 1.54) is 12.1 Å². The van der Waals surface area contributed by atoms with Gasteiger partial charge in [0.05, 0.1) is 11.4 Å². The van der Waals surface area contributed by atoms with E-state index in [1.807, 2.05) is 36.0 Å². The van der Waals surface area contributed by atoms with Gasteiger partial charge in [-0.3, -0.25) is 4.79 Å². The van der Waals surface area contributed by atoms with Gasteiger partial charge in [0.25, 0.3) is 5.91 Å². The number of aromatic nitrogens is 3. The minimum atomic E-state index is -0.311. The molecule has 32 heavy (non-hydrogen) atoms. The number of piperazine rings is 1. The molecule has 1 aliphatic rings. The van der Waals surface area contributed by atoms with Gasteiger partial charge in [0.15, 0.2) is 5.82 Å². The zero-order chi connectivity index (χ0) is 22.5. The number of carbonyl (C=O) groups excluding carboxylic acids is 1. The molecule has 1 N–H and O–H groups in total. The Kier molecular flexibility index (Phi) is 7.02. The molecule has 0 aliphatic carbocycles. The number of halogens is 1. The summed E-state index contributed by atoms with van der Waals surface area (Å²) >= 11 is 0. The second-order valence-electron chi connectivity index (χ2n) is 8.15. The second kappa shape index (κ2) is 10.1. The average Bonchev–Trinajstić information content (AvgIpc) is 3.45. The van der Waals surface area contributed by atoms with E-state index in [1.54, 1.807) is 16.8 Å². The van der Waals surface area contributed by atoms with Crippen LogP contribution in [0.25, 0.3) is 11.5 Å². The molecule has 170 valence electrons. The largest absolute Gasteiger partial charge is 0.352 e. The smallest absolute Gasteiger partial charge is 0.256 e. The first-order valence-electron chi connectivity index (χ1n) is 11.3. The molecule has 1 aromatic carbocycles. The van der Waals surface area contributed by atoms with Gasteiger partial charge in [-0.2, -0.15) is 5.10 Å². The Morgan fingerprint density at radius 1 is 1.06 bits per heavy atom. The third-order valence-electron chi connectivity index (χ3n) is 6.03. The summed E-state index contributed by atoms with van der Waals surface area (Å²) in [7, 11) is 0. The molecule has 0 atom stereocenters. The molecule has 1 fully saturated rings. The van der Waals surface area contributed by atoms with E-state index in [9.17, 15) is 9.18 Å². The standard InChI is InChI=1S/C24H31FN6O/c1-3-28-15-17-29(18-16-28)12-6-11-26-23(32)22-19(2)27-31(21-9-7-20(25)8-10-21)24(22)30-13-4-5-14-30/h4-5,7-10,13-14H,3,6,11-12,15-18H2,1-2H3,(H,26,32). The van der Waals surface area contributed by atoms with Gasteiger partial charge in [-0.1, -0.05) is 6.92 Å². The van der Waals surface area contributed by atoms with Crippen molar-refractivity contribution >= 4 is 5.91 Å². The fraction of sp³-hybridized carbons (Fsp3) is 0.417. The quantitative estimate of drug-likeness (QED) is 0.550. The van der Waals surface area contributed by atoms with Crippen LogP contribution in [-0.4, -0.2) is 75.9 Å². The van der Waals surface area contributed by atoms with Crippen LogP contribution in [0.5, 0.6) is 0 Å². The zero-order valence-electron chi connectivity index (χ0n) is 18.8. The molecule has 0 bridgehead atoms. The van der Waals surface area contributed by atoms with Crippen molar-refractivity contribution in [3.63, 3.8) is 0 Å². The minimum Gasteiger partial charge on any atom is -0.352 e. The lowest BCUT2D eigenvalue weighted by atomic mass is 10.2. The first-order chi connectivity index (χ1) is 15.6. The van der Waals surface area contributed by atoms with E-state index in [0.717, 1.165) is 45.7 Å². The van der Waals surface area contributed by atoms with Crippen LogP contribution in [0.2, 0.25) is 0 Å². The maximum absolute atomic E-state index is 13.4. The Labute approximate surface area is 188 Å². The van der Waals surface area contributed by atoms with E-state index >= 15 is 0 Å². The minimum absolute atomic E-state index is 0.143. The van der Waals surface area contributed by atoms with E-state index < -0.39 is 0 Å². The van der Waals surface area contributed by atoms with Crippen molar-refractivity contribution in [2.45, 2.75) is 20.3 Å². The Hall–Kier alpha value is -2.97. The van der Waals surface area contributed by atoms with Gasteiger partial charge in [-0.15, -0.1) is 0 Å². The Morgan fingerprint density at radius 3 is 2.38 bits per heavy atom. The van der Waals surface area contributed by atoms with Crippen LogP contribution in [0.3, 0.4) is 0 Å². The van der Waals surface area contributed by atoms with Gasteiger partial charge in [0.1, 0.15) is 11.4 Å². The third-order valence-corrected chi connectivity index (χ3v) is 6.03. The van der Waals surface area contributed by atoms with E-state index in [0.29, 0.717) is 29.3 Å². The SMILES string of the molecule is CCN1CCN(CCCNC(=O)c2c(C)nn(-c3ccc(F)cc3)c2-n2cccc2)CC1. The lowest BCUT2D eigenvalue weighted by Crippen LogP contribution is -2.46. The number of hydrogen-bond acceptors (Lipinski definition) is 4. The van der Waals surface area contributed by atoms with Crippen molar-refractivity contribution < 1.29 is 9.18 Å². The summed E-state index contributed by atoms with van der Waals surface area (Å²) in [5, 5.41) is 7.68. The molecule has 7 nitrogen and oxygen atoms in total. The molecule has 0 spiro atoms. The van der Waals surface area contributed by atoms with Gasteiger partial charge >= 0.3 is 0 Å². The molecule has 2 aromatic heterocycles.